The molecule has 0 bridgehead atoms. The third kappa shape index (κ3) is 2.65. The zero-order valence-corrected chi connectivity index (χ0v) is 9.28. The molecule has 0 saturated carbocycles. The zero-order chi connectivity index (χ0) is 11.6. The second-order valence-corrected chi connectivity index (χ2v) is 4.53. The first-order valence-electron chi connectivity index (χ1n) is 4.76. The van der Waals surface area contributed by atoms with E-state index in [0.717, 1.165) is 11.1 Å². The first-order chi connectivity index (χ1) is 6.82. The van der Waals surface area contributed by atoms with Crippen molar-refractivity contribution in [3.8, 4) is 0 Å². The number of allylic oxidation sites excluding steroid dienone is 1. The SMILES string of the molecule is C=C(c1ccc([N+](=O)[O-])cc1)C(C)(C)C. The van der Waals surface area contributed by atoms with Crippen molar-refractivity contribution < 1.29 is 4.92 Å². The minimum atomic E-state index is -0.399. The van der Waals surface area contributed by atoms with Gasteiger partial charge in [-0.3, -0.25) is 10.1 Å². The zero-order valence-electron chi connectivity index (χ0n) is 9.28. The predicted molar refractivity (Wildman–Crippen MR) is 61.6 cm³/mol. The van der Waals surface area contributed by atoms with E-state index in [9.17, 15) is 10.1 Å². The van der Waals surface area contributed by atoms with Crippen LogP contribution in [-0.4, -0.2) is 4.92 Å². The number of nitro benzene ring substituents is 1. The van der Waals surface area contributed by atoms with Gasteiger partial charge in [0.25, 0.3) is 5.69 Å². The molecule has 0 aliphatic carbocycles. The molecule has 3 heteroatoms. The van der Waals surface area contributed by atoms with Crippen molar-refractivity contribution in [1.82, 2.24) is 0 Å². The number of non-ortho nitro benzene ring substituents is 1. The molecule has 15 heavy (non-hydrogen) atoms. The van der Waals surface area contributed by atoms with Gasteiger partial charge in [-0.25, -0.2) is 0 Å². The average Bonchev–Trinajstić information content (AvgIpc) is 2.15. The van der Waals surface area contributed by atoms with Crippen molar-refractivity contribution in [2.24, 2.45) is 5.41 Å². The molecule has 0 heterocycles. The minimum absolute atomic E-state index is 0.0177. The Morgan fingerprint density at radius 2 is 1.73 bits per heavy atom. The Kier molecular flexibility index (Phi) is 2.93. The normalized spacial score (nSPS) is 11.1. The lowest BCUT2D eigenvalue weighted by molar-refractivity contribution is -0.384. The molecule has 1 aromatic carbocycles. The second kappa shape index (κ2) is 3.85. The van der Waals surface area contributed by atoms with Gasteiger partial charge in [0.05, 0.1) is 4.92 Å². The number of rotatable bonds is 2. The van der Waals surface area contributed by atoms with Crippen molar-refractivity contribution in [3.63, 3.8) is 0 Å². The highest BCUT2D eigenvalue weighted by Gasteiger charge is 2.17. The Labute approximate surface area is 89.6 Å². The fraction of sp³-hybridized carbons (Fsp3) is 0.333. The van der Waals surface area contributed by atoms with Gasteiger partial charge in [-0.15, -0.1) is 0 Å². The molecule has 0 aliphatic heterocycles. The second-order valence-electron chi connectivity index (χ2n) is 4.53. The van der Waals surface area contributed by atoms with Crippen LogP contribution in [-0.2, 0) is 0 Å². The van der Waals surface area contributed by atoms with Crippen molar-refractivity contribution in [2.45, 2.75) is 20.8 Å². The Balaban J connectivity index is 3.00. The van der Waals surface area contributed by atoms with E-state index in [-0.39, 0.29) is 11.1 Å². The summed E-state index contributed by atoms with van der Waals surface area (Å²) in [6, 6.07) is 6.50. The molecule has 0 unspecified atom stereocenters. The molecule has 0 radical (unpaired) electrons. The van der Waals surface area contributed by atoms with Gasteiger partial charge in [-0.05, 0) is 28.7 Å². The number of hydrogen-bond donors (Lipinski definition) is 0. The van der Waals surface area contributed by atoms with Gasteiger partial charge in [0, 0.05) is 12.1 Å². The molecule has 1 rings (SSSR count). The molecule has 80 valence electrons. The van der Waals surface area contributed by atoms with Crippen molar-refractivity contribution in [1.29, 1.82) is 0 Å². The fourth-order valence-electron chi connectivity index (χ4n) is 1.22. The maximum absolute atomic E-state index is 10.5. The third-order valence-electron chi connectivity index (χ3n) is 2.33. The Morgan fingerprint density at radius 1 is 1.27 bits per heavy atom. The van der Waals surface area contributed by atoms with Crippen molar-refractivity contribution >= 4 is 11.3 Å². The summed E-state index contributed by atoms with van der Waals surface area (Å²) in [5.74, 6) is 0. The summed E-state index contributed by atoms with van der Waals surface area (Å²) >= 11 is 0. The molecule has 3 nitrogen and oxygen atoms in total. The lowest BCUT2D eigenvalue weighted by Crippen LogP contribution is -2.07. The van der Waals surface area contributed by atoms with Crippen LogP contribution in [0.3, 0.4) is 0 Å². The summed E-state index contributed by atoms with van der Waals surface area (Å²) in [6.07, 6.45) is 0. The highest BCUT2D eigenvalue weighted by Crippen LogP contribution is 2.32. The third-order valence-corrected chi connectivity index (χ3v) is 2.33. The molecule has 0 amide bonds. The van der Waals surface area contributed by atoms with Gasteiger partial charge in [0.2, 0.25) is 0 Å². The number of hydrogen-bond acceptors (Lipinski definition) is 2. The molecule has 0 aromatic heterocycles. The van der Waals surface area contributed by atoms with Crippen LogP contribution < -0.4 is 0 Å². The molecule has 1 aromatic rings. The number of nitro groups is 1. The predicted octanol–water partition coefficient (Wildman–Crippen LogP) is 3.65. The molecule has 0 spiro atoms. The van der Waals surface area contributed by atoms with E-state index < -0.39 is 4.92 Å². The van der Waals surface area contributed by atoms with Crippen LogP contribution >= 0.6 is 0 Å². The maximum atomic E-state index is 10.5. The Bertz CT molecular complexity index is 385. The van der Waals surface area contributed by atoms with Gasteiger partial charge in [0.15, 0.2) is 0 Å². The van der Waals surface area contributed by atoms with E-state index >= 15 is 0 Å². The highest BCUT2D eigenvalue weighted by molar-refractivity contribution is 5.68. The summed E-state index contributed by atoms with van der Waals surface area (Å²) in [5, 5.41) is 10.5. The smallest absolute Gasteiger partial charge is 0.258 e. The molecule has 0 N–H and O–H groups in total. The molecular weight excluding hydrogens is 190 g/mol. The summed E-state index contributed by atoms with van der Waals surface area (Å²) in [4.78, 5) is 10.1. The summed E-state index contributed by atoms with van der Waals surface area (Å²) in [6.45, 7) is 10.2. The summed E-state index contributed by atoms with van der Waals surface area (Å²) in [5.41, 5.74) is 2.03. The van der Waals surface area contributed by atoms with Gasteiger partial charge in [-0.2, -0.15) is 0 Å². The van der Waals surface area contributed by atoms with E-state index in [4.69, 9.17) is 0 Å². The van der Waals surface area contributed by atoms with Crippen LogP contribution in [0.25, 0.3) is 5.57 Å². The van der Waals surface area contributed by atoms with Crippen LogP contribution in [0.1, 0.15) is 26.3 Å². The molecule has 0 fully saturated rings. The van der Waals surface area contributed by atoms with Crippen LogP contribution in [0.5, 0.6) is 0 Å². The van der Waals surface area contributed by atoms with Crippen LogP contribution in [0.15, 0.2) is 30.8 Å². The fourth-order valence-corrected chi connectivity index (χ4v) is 1.22. The maximum Gasteiger partial charge on any atom is 0.269 e. The molecule has 0 saturated heterocycles. The first kappa shape index (κ1) is 11.4. The van der Waals surface area contributed by atoms with Crippen LogP contribution in [0.2, 0.25) is 0 Å². The average molecular weight is 205 g/mol. The van der Waals surface area contributed by atoms with Crippen LogP contribution in [0, 0.1) is 15.5 Å². The Hall–Kier alpha value is -1.64. The number of benzene rings is 1. The van der Waals surface area contributed by atoms with Gasteiger partial charge >= 0.3 is 0 Å². The monoisotopic (exact) mass is 205 g/mol. The van der Waals surface area contributed by atoms with Crippen molar-refractivity contribution in [2.75, 3.05) is 0 Å². The summed E-state index contributed by atoms with van der Waals surface area (Å²) in [7, 11) is 0. The Morgan fingerprint density at radius 3 is 2.07 bits per heavy atom. The number of nitrogens with zero attached hydrogens (tertiary/aromatic N) is 1. The molecular formula is C12H15NO2. The lowest BCUT2D eigenvalue weighted by atomic mass is 9.83. The van der Waals surface area contributed by atoms with E-state index in [1.54, 1.807) is 12.1 Å². The highest BCUT2D eigenvalue weighted by atomic mass is 16.6. The largest absolute Gasteiger partial charge is 0.269 e. The molecule has 0 aliphatic rings. The van der Waals surface area contributed by atoms with Crippen molar-refractivity contribution in [3.05, 3.63) is 46.5 Å². The lowest BCUT2D eigenvalue weighted by Gasteiger charge is -2.21. The van der Waals surface area contributed by atoms with E-state index in [1.807, 2.05) is 0 Å². The first-order valence-corrected chi connectivity index (χ1v) is 4.76. The topological polar surface area (TPSA) is 43.1 Å². The van der Waals surface area contributed by atoms with Gasteiger partial charge < -0.3 is 0 Å². The standard InChI is InChI=1S/C12H15NO2/c1-9(12(2,3)4)10-5-7-11(8-6-10)13(14)15/h5-8H,1H2,2-4H3. The quantitative estimate of drug-likeness (QED) is 0.546. The van der Waals surface area contributed by atoms with E-state index in [1.165, 1.54) is 12.1 Å². The minimum Gasteiger partial charge on any atom is -0.258 e. The molecule has 0 atom stereocenters. The van der Waals surface area contributed by atoms with Gasteiger partial charge in [0.1, 0.15) is 0 Å². The van der Waals surface area contributed by atoms with E-state index in [0.29, 0.717) is 0 Å². The van der Waals surface area contributed by atoms with Gasteiger partial charge in [-0.1, -0.05) is 27.4 Å². The van der Waals surface area contributed by atoms with Crippen LogP contribution in [0.4, 0.5) is 5.69 Å². The van der Waals surface area contributed by atoms with E-state index in [2.05, 4.69) is 27.4 Å². The summed E-state index contributed by atoms with van der Waals surface area (Å²) < 4.78 is 0.